The molecule has 0 spiro atoms. The molecular weight excluding hydrogens is 180 g/mol. The van der Waals surface area contributed by atoms with E-state index in [4.69, 9.17) is 0 Å². The van der Waals surface area contributed by atoms with E-state index < -0.39 is 0 Å². The molecule has 3 heteroatoms. The molecule has 0 aromatic rings. The zero-order chi connectivity index (χ0) is 8.93. The standard InChI is InChI=1S/C10H20N2S/c1-5-11-6-2-9(1)12-10-3-7-13-8-4-10/h9-12H,1-8H2. The molecule has 0 aromatic heterocycles. The first-order chi connectivity index (χ1) is 6.45. The van der Waals surface area contributed by atoms with Crippen LogP contribution in [0.5, 0.6) is 0 Å². The third-order valence-corrected chi connectivity index (χ3v) is 4.08. The van der Waals surface area contributed by atoms with Gasteiger partial charge in [0.15, 0.2) is 0 Å². The Kier molecular flexibility index (Phi) is 3.94. The Labute approximate surface area is 85.2 Å². The fraction of sp³-hybridized carbons (Fsp3) is 1.00. The van der Waals surface area contributed by atoms with Gasteiger partial charge in [-0.2, -0.15) is 11.8 Å². The zero-order valence-electron chi connectivity index (χ0n) is 8.22. The summed E-state index contributed by atoms with van der Waals surface area (Å²) in [7, 11) is 0. The van der Waals surface area contributed by atoms with Gasteiger partial charge in [0, 0.05) is 12.1 Å². The van der Waals surface area contributed by atoms with Crippen LogP contribution in [0.25, 0.3) is 0 Å². The predicted molar refractivity (Wildman–Crippen MR) is 59.4 cm³/mol. The molecule has 2 N–H and O–H groups in total. The Morgan fingerprint density at radius 3 is 2.23 bits per heavy atom. The van der Waals surface area contributed by atoms with Gasteiger partial charge in [0.05, 0.1) is 0 Å². The van der Waals surface area contributed by atoms with Crippen LogP contribution < -0.4 is 10.6 Å². The quantitative estimate of drug-likeness (QED) is 0.701. The summed E-state index contributed by atoms with van der Waals surface area (Å²) >= 11 is 2.11. The highest BCUT2D eigenvalue weighted by Crippen LogP contribution is 2.18. The normalized spacial score (nSPS) is 27.7. The predicted octanol–water partition coefficient (Wildman–Crippen LogP) is 1.22. The summed E-state index contributed by atoms with van der Waals surface area (Å²) in [5, 5.41) is 7.21. The van der Waals surface area contributed by atoms with Gasteiger partial charge >= 0.3 is 0 Å². The van der Waals surface area contributed by atoms with Crippen molar-refractivity contribution < 1.29 is 0 Å². The average Bonchev–Trinajstić information content (AvgIpc) is 2.21. The molecule has 0 saturated carbocycles. The van der Waals surface area contributed by atoms with Crippen molar-refractivity contribution in [3.63, 3.8) is 0 Å². The van der Waals surface area contributed by atoms with Crippen molar-refractivity contribution in [1.82, 2.24) is 10.6 Å². The first-order valence-corrected chi connectivity index (χ1v) is 6.65. The van der Waals surface area contributed by atoms with E-state index in [1.165, 1.54) is 50.3 Å². The van der Waals surface area contributed by atoms with Crippen LogP contribution >= 0.6 is 11.8 Å². The molecule has 2 aliphatic heterocycles. The fourth-order valence-electron chi connectivity index (χ4n) is 2.19. The molecule has 0 unspecified atom stereocenters. The van der Waals surface area contributed by atoms with E-state index in [9.17, 15) is 0 Å². The summed E-state index contributed by atoms with van der Waals surface area (Å²) in [4.78, 5) is 0. The van der Waals surface area contributed by atoms with E-state index in [1.807, 2.05) is 0 Å². The van der Waals surface area contributed by atoms with Gasteiger partial charge in [-0.3, -0.25) is 0 Å². The molecule has 0 aliphatic carbocycles. The lowest BCUT2D eigenvalue weighted by molar-refractivity contribution is 0.337. The second-order valence-electron chi connectivity index (χ2n) is 4.08. The van der Waals surface area contributed by atoms with Crippen molar-refractivity contribution in [3.8, 4) is 0 Å². The molecule has 0 aromatic carbocycles. The summed E-state index contributed by atoms with van der Waals surface area (Å²) in [5.74, 6) is 2.73. The Morgan fingerprint density at radius 2 is 1.54 bits per heavy atom. The van der Waals surface area contributed by atoms with E-state index in [-0.39, 0.29) is 0 Å². The van der Waals surface area contributed by atoms with Crippen LogP contribution in [0, 0.1) is 0 Å². The number of nitrogens with one attached hydrogen (secondary N) is 2. The molecular formula is C10H20N2S. The molecule has 2 aliphatic rings. The summed E-state index contributed by atoms with van der Waals surface area (Å²) in [5.41, 5.74) is 0. The van der Waals surface area contributed by atoms with Crippen molar-refractivity contribution in [3.05, 3.63) is 0 Å². The third-order valence-electron chi connectivity index (χ3n) is 3.03. The zero-order valence-corrected chi connectivity index (χ0v) is 9.04. The van der Waals surface area contributed by atoms with Gasteiger partial charge < -0.3 is 10.6 Å². The van der Waals surface area contributed by atoms with Crippen molar-refractivity contribution in [2.45, 2.75) is 37.8 Å². The minimum absolute atomic E-state index is 0.800. The highest BCUT2D eigenvalue weighted by molar-refractivity contribution is 7.99. The van der Waals surface area contributed by atoms with Crippen LogP contribution in [0.2, 0.25) is 0 Å². The monoisotopic (exact) mass is 200 g/mol. The molecule has 76 valence electrons. The highest BCUT2D eigenvalue weighted by atomic mass is 32.2. The molecule has 2 rings (SSSR count). The lowest BCUT2D eigenvalue weighted by atomic mass is 10.0. The minimum atomic E-state index is 0.800. The maximum Gasteiger partial charge on any atom is 0.00938 e. The fourth-order valence-corrected chi connectivity index (χ4v) is 3.29. The van der Waals surface area contributed by atoms with Crippen LogP contribution in [0.1, 0.15) is 25.7 Å². The van der Waals surface area contributed by atoms with Crippen LogP contribution in [0.3, 0.4) is 0 Å². The topological polar surface area (TPSA) is 24.1 Å². The number of hydrogen-bond acceptors (Lipinski definition) is 3. The molecule has 2 heterocycles. The van der Waals surface area contributed by atoms with Gasteiger partial charge in [-0.05, 0) is 50.3 Å². The third kappa shape index (κ3) is 3.15. The molecule has 0 bridgehead atoms. The molecule has 2 nitrogen and oxygen atoms in total. The second kappa shape index (κ2) is 5.23. The number of hydrogen-bond donors (Lipinski definition) is 2. The van der Waals surface area contributed by atoms with Gasteiger partial charge in [0.2, 0.25) is 0 Å². The van der Waals surface area contributed by atoms with Crippen LogP contribution in [-0.4, -0.2) is 36.7 Å². The van der Waals surface area contributed by atoms with Gasteiger partial charge in [-0.15, -0.1) is 0 Å². The van der Waals surface area contributed by atoms with Gasteiger partial charge in [0.1, 0.15) is 0 Å². The first kappa shape index (κ1) is 9.81. The number of rotatable bonds is 2. The summed E-state index contributed by atoms with van der Waals surface area (Å²) in [6, 6.07) is 1.62. The minimum Gasteiger partial charge on any atom is -0.317 e. The van der Waals surface area contributed by atoms with E-state index in [0.717, 1.165) is 12.1 Å². The van der Waals surface area contributed by atoms with E-state index in [0.29, 0.717) is 0 Å². The Bertz CT molecular complexity index is 124. The maximum atomic E-state index is 3.80. The SMILES string of the molecule is C1CC(NC2CCSCC2)CCN1. The summed E-state index contributed by atoms with van der Waals surface area (Å²) in [6.45, 7) is 2.41. The van der Waals surface area contributed by atoms with Gasteiger partial charge in [-0.25, -0.2) is 0 Å². The summed E-state index contributed by atoms with van der Waals surface area (Å²) < 4.78 is 0. The van der Waals surface area contributed by atoms with Crippen molar-refractivity contribution in [2.24, 2.45) is 0 Å². The molecule has 0 amide bonds. The van der Waals surface area contributed by atoms with Crippen LogP contribution in [0.4, 0.5) is 0 Å². The largest absolute Gasteiger partial charge is 0.317 e. The molecule has 0 radical (unpaired) electrons. The lowest BCUT2D eigenvalue weighted by Gasteiger charge is -2.30. The Morgan fingerprint density at radius 1 is 0.923 bits per heavy atom. The average molecular weight is 200 g/mol. The van der Waals surface area contributed by atoms with E-state index in [2.05, 4.69) is 22.4 Å². The van der Waals surface area contributed by atoms with E-state index in [1.54, 1.807) is 0 Å². The Balaban J connectivity index is 1.69. The van der Waals surface area contributed by atoms with Crippen LogP contribution in [-0.2, 0) is 0 Å². The molecule has 2 saturated heterocycles. The number of piperidine rings is 1. The van der Waals surface area contributed by atoms with Crippen molar-refractivity contribution in [1.29, 1.82) is 0 Å². The first-order valence-electron chi connectivity index (χ1n) is 5.49. The smallest absolute Gasteiger partial charge is 0.00938 e. The Hall–Kier alpha value is 0.270. The highest BCUT2D eigenvalue weighted by Gasteiger charge is 2.19. The lowest BCUT2D eigenvalue weighted by Crippen LogP contribution is -2.45. The van der Waals surface area contributed by atoms with Gasteiger partial charge in [-0.1, -0.05) is 0 Å². The second-order valence-corrected chi connectivity index (χ2v) is 5.30. The van der Waals surface area contributed by atoms with Crippen molar-refractivity contribution in [2.75, 3.05) is 24.6 Å². The molecule has 0 atom stereocenters. The maximum absolute atomic E-state index is 3.80. The number of thioether (sulfide) groups is 1. The van der Waals surface area contributed by atoms with Crippen LogP contribution in [0.15, 0.2) is 0 Å². The summed E-state index contributed by atoms with van der Waals surface area (Å²) in [6.07, 6.45) is 5.41. The molecule has 2 fully saturated rings. The molecule has 13 heavy (non-hydrogen) atoms. The van der Waals surface area contributed by atoms with Gasteiger partial charge in [0.25, 0.3) is 0 Å². The van der Waals surface area contributed by atoms with E-state index >= 15 is 0 Å². The van der Waals surface area contributed by atoms with Crippen molar-refractivity contribution >= 4 is 11.8 Å².